The Morgan fingerprint density at radius 2 is 1.86 bits per heavy atom. The summed E-state index contributed by atoms with van der Waals surface area (Å²) in [5, 5.41) is 10.4. The molecule has 1 aliphatic heterocycles. The zero-order chi connectivity index (χ0) is 15.2. The quantitative estimate of drug-likeness (QED) is 0.871. The van der Waals surface area contributed by atoms with Gasteiger partial charge in [0.15, 0.2) is 0 Å². The van der Waals surface area contributed by atoms with E-state index in [1.54, 1.807) is 7.11 Å². The van der Waals surface area contributed by atoms with Gasteiger partial charge in [-0.3, -0.25) is 0 Å². The molecule has 1 saturated heterocycles. The maximum absolute atomic E-state index is 10.4. The molecule has 1 atom stereocenters. The largest absolute Gasteiger partial charge is 0.497 e. The van der Waals surface area contributed by atoms with Gasteiger partial charge in [0.1, 0.15) is 5.75 Å². The Labute approximate surface area is 128 Å². The SMILES string of the molecule is CCN1CCN(CCC(O)c2ccc(OC)cc2C)CC1. The standard InChI is InChI=1S/C17H28N2O2/c1-4-18-9-11-19(12-10-18)8-7-17(20)16-6-5-15(21-3)13-14(16)2/h5-6,13,17,20H,4,7-12H2,1-3H3. The van der Waals surface area contributed by atoms with Gasteiger partial charge in [-0.1, -0.05) is 13.0 Å². The van der Waals surface area contributed by atoms with E-state index in [-0.39, 0.29) is 6.10 Å². The lowest BCUT2D eigenvalue weighted by atomic mass is 10.0. The van der Waals surface area contributed by atoms with Gasteiger partial charge < -0.3 is 19.6 Å². The number of aliphatic hydroxyl groups excluding tert-OH is 1. The lowest BCUT2D eigenvalue weighted by Gasteiger charge is -2.34. The van der Waals surface area contributed by atoms with Crippen molar-refractivity contribution < 1.29 is 9.84 Å². The molecule has 0 spiro atoms. The van der Waals surface area contributed by atoms with Gasteiger partial charge in [-0.05, 0) is 43.1 Å². The summed E-state index contributed by atoms with van der Waals surface area (Å²) in [7, 11) is 1.67. The van der Waals surface area contributed by atoms with E-state index in [2.05, 4.69) is 16.7 Å². The van der Waals surface area contributed by atoms with Crippen LogP contribution >= 0.6 is 0 Å². The highest BCUT2D eigenvalue weighted by Gasteiger charge is 2.17. The van der Waals surface area contributed by atoms with Gasteiger partial charge in [0.25, 0.3) is 0 Å². The molecule has 1 aromatic carbocycles. The predicted octanol–water partition coefficient (Wildman–Crippen LogP) is 2.06. The second-order valence-corrected chi connectivity index (χ2v) is 5.80. The van der Waals surface area contributed by atoms with Crippen LogP contribution in [0.3, 0.4) is 0 Å². The number of hydrogen-bond acceptors (Lipinski definition) is 4. The molecule has 1 fully saturated rings. The van der Waals surface area contributed by atoms with Crippen LogP contribution in [0.15, 0.2) is 18.2 Å². The van der Waals surface area contributed by atoms with Crippen molar-refractivity contribution in [3.63, 3.8) is 0 Å². The Hall–Kier alpha value is -1.10. The van der Waals surface area contributed by atoms with E-state index in [9.17, 15) is 5.11 Å². The maximum Gasteiger partial charge on any atom is 0.119 e. The first-order chi connectivity index (χ1) is 10.1. The molecule has 1 heterocycles. The van der Waals surface area contributed by atoms with Gasteiger partial charge in [0.05, 0.1) is 13.2 Å². The van der Waals surface area contributed by atoms with Crippen LogP contribution in [0.4, 0.5) is 0 Å². The van der Waals surface area contributed by atoms with Crippen molar-refractivity contribution in [1.82, 2.24) is 9.80 Å². The molecule has 4 nitrogen and oxygen atoms in total. The third kappa shape index (κ3) is 4.43. The molecule has 1 aliphatic rings. The average Bonchev–Trinajstić information content (AvgIpc) is 2.52. The van der Waals surface area contributed by atoms with Crippen LogP contribution in [0.25, 0.3) is 0 Å². The van der Waals surface area contributed by atoms with Crippen molar-refractivity contribution in [2.24, 2.45) is 0 Å². The fraction of sp³-hybridized carbons (Fsp3) is 0.647. The van der Waals surface area contributed by atoms with Gasteiger partial charge in [0.2, 0.25) is 0 Å². The number of benzene rings is 1. The Balaban J connectivity index is 1.83. The van der Waals surface area contributed by atoms with Crippen LogP contribution in [0.1, 0.15) is 30.6 Å². The molecule has 1 N–H and O–H groups in total. The summed E-state index contributed by atoms with van der Waals surface area (Å²) in [6.45, 7) is 10.9. The van der Waals surface area contributed by atoms with Gasteiger partial charge in [-0.2, -0.15) is 0 Å². The number of piperazine rings is 1. The van der Waals surface area contributed by atoms with E-state index in [1.807, 2.05) is 25.1 Å². The van der Waals surface area contributed by atoms with Crippen LogP contribution in [-0.4, -0.2) is 61.3 Å². The summed E-state index contributed by atoms with van der Waals surface area (Å²) in [4.78, 5) is 4.93. The van der Waals surface area contributed by atoms with Crippen LogP contribution < -0.4 is 4.74 Å². The summed E-state index contributed by atoms with van der Waals surface area (Å²) < 4.78 is 5.21. The molecule has 118 valence electrons. The number of rotatable bonds is 6. The van der Waals surface area contributed by atoms with E-state index in [4.69, 9.17) is 4.74 Å². The summed E-state index contributed by atoms with van der Waals surface area (Å²) in [6, 6.07) is 5.89. The van der Waals surface area contributed by atoms with Gasteiger partial charge in [0, 0.05) is 32.7 Å². The molecule has 21 heavy (non-hydrogen) atoms. The molecule has 4 heteroatoms. The van der Waals surface area contributed by atoms with Crippen molar-refractivity contribution in [3.05, 3.63) is 29.3 Å². The van der Waals surface area contributed by atoms with E-state index in [1.165, 1.54) is 0 Å². The number of methoxy groups -OCH3 is 1. The highest BCUT2D eigenvalue weighted by Crippen LogP contribution is 2.24. The first-order valence-electron chi connectivity index (χ1n) is 7.91. The molecule has 1 aromatic rings. The number of aliphatic hydroxyl groups is 1. The molecule has 0 radical (unpaired) electrons. The van der Waals surface area contributed by atoms with E-state index < -0.39 is 0 Å². The number of aryl methyl sites for hydroxylation is 1. The minimum atomic E-state index is -0.389. The Morgan fingerprint density at radius 1 is 1.19 bits per heavy atom. The molecule has 0 aliphatic carbocycles. The molecule has 0 amide bonds. The number of nitrogens with zero attached hydrogens (tertiary/aromatic N) is 2. The van der Waals surface area contributed by atoms with Crippen molar-refractivity contribution in [1.29, 1.82) is 0 Å². The predicted molar refractivity (Wildman–Crippen MR) is 85.9 cm³/mol. The van der Waals surface area contributed by atoms with E-state index in [0.29, 0.717) is 0 Å². The second-order valence-electron chi connectivity index (χ2n) is 5.80. The van der Waals surface area contributed by atoms with Crippen LogP contribution in [0.5, 0.6) is 5.75 Å². The Kier molecular flexibility index (Phi) is 6.03. The number of ether oxygens (including phenoxy) is 1. The van der Waals surface area contributed by atoms with Crippen LogP contribution in [0, 0.1) is 6.92 Å². The van der Waals surface area contributed by atoms with Crippen molar-refractivity contribution in [2.45, 2.75) is 26.4 Å². The van der Waals surface area contributed by atoms with Crippen molar-refractivity contribution in [2.75, 3.05) is 46.4 Å². The zero-order valence-electron chi connectivity index (χ0n) is 13.5. The molecular formula is C17H28N2O2. The van der Waals surface area contributed by atoms with Crippen LogP contribution in [0.2, 0.25) is 0 Å². The van der Waals surface area contributed by atoms with Crippen molar-refractivity contribution in [3.8, 4) is 5.75 Å². The minimum Gasteiger partial charge on any atom is -0.497 e. The third-order valence-corrected chi connectivity index (χ3v) is 4.47. The summed E-state index contributed by atoms with van der Waals surface area (Å²) in [5.74, 6) is 0.846. The first kappa shape index (κ1) is 16.3. The molecule has 0 saturated carbocycles. The zero-order valence-corrected chi connectivity index (χ0v) is 13.5. The fourth-order valence-corrected chi connectivity index (χ4v) is 2.94. The summed E-state index contributed by atoms with van der Waals surface area (Å²) >= 11 is 0. The second kappa shape index (κ2) is 7.78. The molecule has 2 rings (SSSR count). The smallest absolute Gasteiger partial charge is 0.119 e. The van der Waals surface area contributed by atoms with Gasteiger partial charge >= 0.3 is 0 Å². The summed E-state index contributed by atoms with van der Waals surface area (Å²) in [5.41, 5.74) is 2.11. The third-order valence-electron chi connectivity index (χ3n) is 4.47. The van der Waals surface area contributed by atoms with Gasteiger partial charge in [-0.25, -0.2) is 0 Å². The minimum absolute atomic E-state index is 0.389. The molecule has 1 unspecified atom stereocenters. The first-order valence-corrected chi connectivity index (χ1v) is 7.91. The topological polar surface area (TPSA) is 35.9 Å². The highest BCUT2D eigenvalue weighted by molar-refractivity contribution is 5.36. The van der Waals surface area contributed by atoms with Crippen LogP contribution in [-0.2, 0) is 0 Å². The monoisotopic (exact) mass is 292 g/mol. The number of hydrogen-bond donors (Lipinski definition) is 1. The molecule has 0 bridgehead atoms. The Morgan fingerprint density at radius 3 is 2.43 bits per heavy atom. The fourth-order valence-electron chi connectivity index (χ4n) is 2.94. The Bertz CT molecular complexity index is 442. The van der Waals surface area contributed by atoms with Crippen molar-refractivity contribution >= 4 is 0 Å². The van der Waals surface area contributed by atoms with Gasteiger partial charge in [-0.15, -0.1) is 0 Å². The lowest BCUT2D eigenvalue weighted by molar-refractivity contribution is 0.105. The van der Waals surface area contributed by atoms with E-state index >= 15 is 0 Å². The summed E-state index contributed by atoms with van der Waals surface area (Å²) in [6.07, 6.45) is 0.402. The normalized spacial score (nSPS) is 18.7. The highest BCUT2D eigenvalue weighted by atomic mass is 16.5. The number of likely N-dealkylation sites (N-methyl/N-ethyl adjacent to an activating group) is 1. The average molecular weight is 292 g/mol. The molecule has 0 aromatic heterocycles. The lowest BCUT2D eigenvalue weighted by Crippen LogP contribution is -2.46. The van der Waals surface area contributed by atoms with E-state index in [0.717, 1.165) is 62.6 Å². The maximum atomic E-state index is 10.4. The molecular weight excluding hydrogens is 264 g/mol.